The average Bonchev–Trinajstić information content (AvgIpc) is 3.14. The lowest BCUT2D eigenvalue weighted by Crippen LogP contribution is -2.25. The Bertz CT molecular complexity index is 1080. The van der Waals surface area contributed by atoms with Crippen molar-refractivity contribution < 1.29 is 9.47 Å². The quantitative estimate of drug-likeness (QED) is 0.648. The zero-order valence-electron chi connectivity index (χ0n) is 15.3. The lowest BCUT2D eigenvalue weighted by Gasteiger charge is -2.20. The van der Waals surface area contributed by atoms with Gasteiger partial charge in [-0.05, 0) is 43.0 Å². The molecule has 3 aromatic rings. The number of benzene rings is 1. The molecule has 0 atom stereocenters. The fourth-order valence-corrected chi connectivity index (χ4v) is 3.19. The number of aromatic nitrogens is 4. The van der Waals surface area contributed by atoms with Gasteiger partial charge in [-0.1, -0.05) is 5.92 Å². The summed E-state index contributed by atoms with van der Waals surface area (Å²) >= 11 is 0. The van der Waals surface area contributed by atoms with Crippen molar-refractivity contribution in [3.05, 3.63) is 58.0 Å². The van der Waals surface area contributed by atoms with Crippen molar-refractivity contribution in [1.82, 2.24) is 19.2 Å². The minimum absolute atomic E-state index is 0.158. The van der Waals surface area contributed by atoms with Gasteiger partial charge < -0.3 is 9.47 Å². The van der Waals surface area contributed by atoms with Crippen LogP contribution in [0, 0.1) is 11.8 Å². The summed E-state index contributed by atoms with van der Waals surface area (Å²) in [4.78, 5) is 17.2. The maximum absolute atomic E-state index is 12.7. The predicted molar refractivity (Wildman–Crippen MR) is 100.0 cm³/mol. The molecule has 1 saturated heterocycles. The molecule has 1 aromatic carbocycles. The second kappa shape index (κ2) is 7.25. The fourth-order valence-electron chi connectivity index (χ4n) is 3.19. The van der Waals surface area contributed by atoms with Crippen LogP contribution in [0.4, 0.5) is 0 Å². The van der Waals surface area contributed by atoms with Crippen molar-refractivity contribution in [3.8, 4) is 17.6 Å². The van der Waals surface area contributed by atoms with Crippen LogP contribution in [-0.4, -0.2) is 39.5 Å². The molecular weight excluding hydrogens is 344 g/mol. The highest BCUT2D eigenvalue weighted by atomic mass is 16.5. The van der Waals surface area contributed by atoms with E-state index in [1.807, 2.05) is 24.3 Å². The molecule has 138 valence electrons. The minimum atomic E-state index is -0.158. The highest BCUT2D eigenvalue weighted by molar-refractivity contribution is 5.45. The summed E-state index contributed by atoms with van der Waals surface area (Å²) in [5.74, 6) is 8.27. The van der Waals surface area contributed by atoms with Crippen LogP contribution in [0.3, 0.4) is 0 Å². The molecule has 0 N–H and O–H groups in total. The van der Waals surface area contributed by atoms with Crippen molar-refractivity contribution in [2.75, 3.05) is 20.3 Å². The molecule has 3 heterocycles. The Balaban J connectivity index is 1.75. The summed E-state index contributed by atoms with van der Waals surface area (Å²) in [6.07, 6.45) is 3.35. The van der Waals surface area contributed by atoms with Gasteiger partial charge in [0.15, 0.2) is 5.52 Å². The molecule has 0 aliphatic carbocycles. The van der Waals surface area contributed by atoms with Crippen molar-refractivity contribution in [2.45, 2.75) is 18.8 Å². The molecule has 0 saturated carbocycles. The van der Waals surface area contributed by atoms with E-state index in [0.717, 1.165) is 30.0 Å². The van der Waals surface area contributed by atoms with E-state index in [4.69, 9.17) is 9.47 Å². The highest BCUT2D eigenvalue weighted by Crippen LogP contribution is 2.25. The molecule has 1 aliphatic rings. The van der Waals surface area contributed by atoms with E-state index < -0.39 is 0 Å². The van der Waals surface area contributed by atoms with Crippen LogP contribution < -0.4 is 10.3 Å². The van der Waals surface area contributed by atoms with Crippen LogP contribution in [0.25, 0.3) is 5.52 Å². The molecule has 2 aromatic heterocycles. The van der Waals surface area contributed by atoms with Crippen LogP contribution in [0.15, 0.2) is 35.3 Å². The maximum atomic E-state index is 12.7. The van der Waals surface area contributed by atoms with Gasteiger partial charge in [0.1, 0.15) is 11.6 Å². The van der Waals surface area contributed by atoms with Crippen molar-refractivity contribution >= 4 is 5.52 Å². The zero-order chi connectivity index (χ0) is 18.8. The van der Waals surface area contributed by atoms with E-state index in [2.05, 4.69) is 21.9 Å². The van der Waals surface area contributed by atoms with E-state index in [9.17, 15) is 4.79 Å². The first-order chi connectivity index (χ1) is 13.2. The van der Waals surface area contributed by atoms with E-state index in [0.29, 0.717) is 24.6 Å². The lowest BCUT2D eigenvalue weighted by atomic mass is 10.00. The Morgan fingerprint density at radius 1 is 1.19 bits per heavy atom. The first kappa shape index (κ1) is 17.3. The molecule has 0 bridgehead atoms. The second-order valence-electron chi connectivity index (χ2n) is 6.47. The van der Waals surface area contributed by atoms with E-state index >= 15 is 0 Å². The summed E-state index contributed by atoms with van der Waals surface area (Å²) in [5.41, 5.74) is 1.13. The monoisotopic (exact) mass is 364 g/mol. The Hall–Kier alpha value is -3.11. The Morgan fingerprint density at radius 2 is 1.93 bits per heavy atom. The molecule has 0 amide bonds. The molecule has 0 spiro atoms. The van der Waals surface area contributed by atoms with Gasteiger partial charge in [0.05, 0.1) is 13.3 Å². The Labute approximate surface area is 156 Å². The maximum Gasteiger partial charge on any atom is 0.280 e. The standard InChI is InChI=1S/C20H20N4O3/c1-23-18(8-5-14-3-6-16(26-2)7-4-14)22-24-17(20(23)25)13-21-19(24)15-9-11-27-12-10-15/h3-4,6-7,13,15H,9-12H2,1-2H3. The van der Waals surface area contributed by atoms with Gasteiger partial charge in [-0.3, -0.25) is 9.36 Å². The normalized spacial score (nSPS) is 14.7. The number of hydrogen-bond acceptors (Lipinski definition) is 5. The third-order valence-corrected chi connectivity index (χ3v) is 4.80. The molecule has 1 aliphatic heterocycles. The molecule has 27 heavy (non-hydrogen) atoms. The topological polar surface area (TPSA) is 70.7 Å². The minimum Gasteiger partial charge on any atom is -0.497 e. The van der Waals surface area contributed by atoms with Gasteiger partial charge in [-0.25, -0.2) is 9.50 Å². The van der Waals surface area contributed by atoms with Gasteiger partial charge in [-0.2, -0.15) is 0 Å². The molecule has 0 unspecified atom stereocenters. The van der Waals surface area contributed by atoms with Gasteiger partial charge in [0, 0.05) is 31.7 Å². The van der Waals surface area contributed by atoms with Gasteiger partial charge >= 0.3 is 0 Å². The van der Waals surface area contributed by atoms with Gasteiger partial charge in [-0.15, -0.1) is 5.10 Å². The summed E-state index contributed by atoms with van der Waals surface area (Å²) in [6, 6.07) is 7.43. The number of fused-ring (bicyclic) bond motifs is 1. The smallest absolute Gasteiger partial charge is 0.280 e. The molecule has 4 rings (SSSR count). The molecule has 1 fully saturated rings. The number of methoxy groups -OCH3 is 1. The molecule has 7 nitrogen and oxygen atoms in total. The van der Waals surface area contributed by atoms with Crippen molar-refractivity contribution in [2.24, 2.45) is 7.05 Å². The first-order valence-corrected chi connectivity index (χ1v) is 8.86. The van der Waals surface area contributed by atoms with Gasteiger partial charge in [0.25, 0.3) is 5.56 Å². The van der Waals surface area contributed by atoms with Gasteiger partial charge in [0.2, 0.25) is 5.82 Å². The van der Waals surface area contributed by atoms with E-state index in [-0.39, 0.29) is 11.5 Å². The van der Waals surface area contributed by atoms with Crippen LogP contribution in [0.5, 0.6) is 5.75 Å². The number of rotatable bonds is 2. The SMILES string of the molecule is COc1ccc(C#Cc2nn3c(C4CCOCC4)ncc3c(=O)n2C)cc1. The number of ether oxygens (including phenoxy) is 2. The third kappa shape index (κ3) is 3.32. The van der Waals surface area contributed by atoms with Crippen molar-refractivity contribution in [1.29, 1.82) is 0 Å². The highest BCUT2D eigenvalue weighted by Gasteiger charge is 2.22. The second-order valence-corrected chi connectivity index (χ2v) is 6.47. The Morgan fingerprint density at radius 3 is 2.63 bits per heavy atom. The average molecular weight is 364 g/mol. The third-order valence-electron chi connectivity index (χ3n) is 4.80. The van der Waals surface area contributed by atoms with Crippen LogP contribution in [-0.2, 0) is 11.8 Å². The lowest BCUT2D eigenvalue weighted by molar-refractivity contribution is 0.0832. The van der Waals surface area contributed by atoms with Crippen LogP contribution >= 0.6 is 0 Å². The zero-order valence-corrected chi connectivity index (χ0v) is 15.3. The van der Waals surface area contributed by atoms with E-state index in [1.54, 1.807) is 24.9 Å². The number of nitrogens with zero attached hydrogens (tertiary/aromatic N) is 4. The summed E-state index contributed by atoms with van der Waals surface area (Å²) in [7, 11) is 3.30. The number of hydrogen-bond donors (Lipinski definition) is 0. The first-order valence-electron chi connectivity index (χ1n) is 8.86. The summed E-state index contributed by atoms with van der Waals surface area (Å²) in [5, 5.41) is 4.60. The Kier molecular flexibility index (Phi) is 4.65. The predicted octanol–water partition coefficient (Wildman–Crippen LogP) is 1.73. The molecule has 0 radical (unpaired) electrons. The summed E-state index contributed by atoms with van der Waals surface area (Å²) < 4.78 is 13.7. The molecular formula is C20H20N4O3. The molecule has 7 heteroatoms. The van der Waals surface area contributed by atoms with Crippen LogP contribution in [0.1, 0.15) is 36.0 Å². The largest absolute Gasteiger partial charge is 0.497 e. The van der Waals surface area contributed by atoms with E-state index in [1.165, 1.54) is 4.57 Å². The number of imidazole rings is 1. The van der Waals surface area contributed by atoms with Crippen LogP contribution in [0.2, 0.25) is 0 Å². The fraction of sp³-hybridized carbons (Fsp3) is 0.350. The summed E-state index contributed by atoms with van der Waals surface area (Å²) in [6.45, 7) is 1.41. The van der Waals surface area contributed by atoms with Crippen molar-refractivity contribution in [3.63, 3.8) is 0 Å².